The van der Waals surface area contributed by atoms with Crippen molar-refractivity contribution in [2.24, 2.45) is 7.05 Å². The Morgan fingerprint density at radius 1 is 1.16 bits per heavy atom. The van der Waals surface area contributed by atoms with Crippen molar-refractivity contribution in [3.8, 4) is 11.3 Å². The largest absolute Gasteiger partial charge is 0.383 e. The summed E-state index contributed by atoms with van der Waals surface area (Å²) in [6.45, 7) is 6.40. The lowest BCUT2D eigenvalue weighted by Crippen LogP contribution is -2.17. The lowest BCUT2D eigenvalue weighted by Gasteiger charge is -2.17. The topological polar surface area (TPSA) is 43.8 Å². The van der Waals surface area contributed by atoms with Gasteiger partial charge >= 0.3 is 0 Å². The van der Waals surface area contributed by atoms with Crippen molar-refractivity contribution in [1.82, 2.24) is 9.55 Å². The molecule has 0 aliphatic carbocycles. The fraction of sp³-hybridized carbons (Fsp3) is 0.357. The van der Waals surface area contributed by atoms with Gasteiger partial charge in [0, 0.05) is 27.0 Å². The van der Waals surface area contributed by atoms with E-state index in [4.69, 9.17) is 10.7 Å². The molecule has 0 saturated carbocycles. The molecule has 5 heteroatoms. The zero-order chi connectivity index (χ0) is 14.4. The van der Waals surface area contributed by atoms with Gasteiger partial charge in [0.05, 0.1) is 0 Å². The van der Waals surface area contributed by atoms with Crippen LogP contribution >= 0.6 is 31.9 Å². The van der Waals surface area contributed by atoms with Gasteiger partial charge in [0.1, 0.15) is 17.3 Å². The van der Waals surface area contributed by atoms with Gasteiger partial charge in [-0.3, -0.25) is 0 Å². The minimum atomic E-state index is -0.0340. The molecule has 0 spiro atoms. The van der Waals surface area contributed by atoms with Crippen LogP contribution in [0.4, 0.5) is 5.82 Å². The predicted molar refractivity (Wildman–Crippen MR) is 87.2 cm³/mol. The van der Waals surface area contributed by atoms with Crippen molar-refractivity contribution >= 4 is 37.7 Å². The molecule has 0 bridgehead atoms. The van der Waals surface area contributed by atoms with E-state index in [1.165, 1.54) is 0 Å². The first kappa shape index (κ1) is 14.6. The van der Waals surface area contributed by atoms with Crippen LogP contribution < -0.4 is 5.73 Å². The molecule has 0 radical (unpaired) electrons. The van der Waals surface area contributed by atoms with Crippen LogP contribution in [0.5, 0.6) is 0 Å². The second kappa shape index (κ2) is 4.94. The van der Waals surface area contributed by atoms with E-state index in [0.717, 1.165) is 26.0 Å². The molecule has 0 aliphatic heterocycles. The highest BCUT2D eigenvalue weighted by Gasteiger charge is 2.23. The van der Waals surface area contributed by atoms with Crippen molar-refractivity contribution in [3.05, 3.63) is 33.0 Å². The Labute approximate surface area is 130 Å². The van der Waals surface area contributed by atoms with Crippen LogP contribution in [-0.4, -0.2) is 9.55 Å². The van der Waals surface area contributed by atoms with Gasteiger partial charge in [0.25, 0.3) is 0 Å². The smallest absolute Gasteiger partial charge is 0.131 e. The standard InChI is InChI=1S/C14H17Br2N3/c1-14(2,3)13-18-11(12(17)19(13)4)8-5-6-9(15)10(16)7-8/h5-7H,17H2,1-4H3. The number of benzene rings is 1. The summed E-state index contributed by atoms with van der Waals surface area (Å²) in [4.78, 5) is 4.72. The molecule has 3 nitrogen and oxygen atoms in total. The highest BCUT2D eigenvalue weighted by atomic mass is 79.9. The Morgan fingerprint density at radius 3 is 2.26 bits per heavy atom. The number of anilines is 1. The minimum absolute atomic E-state index is 0.0340. The van der Waals surface area contributed by atoms with Crippen LogP contribution in [0.1, 0.15) is 26.6 Å². The van der Waals surface area contributed by atoms with Gasteiger partial charge < -0.3 is 10.3 Å². The lowest BCUT2D eigenvalue weighted by atomic mass is 9.96. The van der Waals surface area contributed by atoms with E-state index < -0.39 is 0 Å². The van der Waals surface area contributed by atoms with Gasteiger partial charge in [0.2, 0.25) is 0 Å². The summed E-state index contributed by atoms with van der Waals surface area (Å²) < 4.78 is 3.97. The van der Waals surface area contributed by atoms with Gasteiger partial charge in [0.15, 0.2) is 0 Å². The molecule has 0 saturated heterocycles. The molecule has 0 atom stereocenters. The lowest BCUT2D eigenvalue weighted by molar-refractivity contribution is 0.524. The molecule has 102 valence electrons. The van der Waals surface area contributed by atoms with Crippen LogP contribution in [0.3, 0.4) is 0 Å². The van der Waals surface area contributed by atoms with E-state index in [9.17, 15) is 0 Å². The monoisotopic (exact) mass is 385 g/mol. The van der Waals surface area contributed by atoms with Crippen molar-refractivity contribution in [2.75, 3.05) is 5.73 Å². The Balaban J connectivity index is 2.60. The Bertz CT molecular complexity index is 624. The van der Waals surface area contributed by atoms with Gasteiger partial charge in [-0.05, 0) is 44.0 Å². The van der Waals surface area contributed by atoms with Crippen molar-refractivity contribution in [2.45, 2.75) is 26.2 Å². The highest BCUT2D eigenvalue weighted by molar-refractivity contribution is 9.13. The van der Waals surface area contributed by atoms with E-state index in [1.807, 2.05) is 29.8 Å². The van der Waals surface area contributed by atoms with Gasteiger partial charge in [-0.15, -0.1) is 0 Å². The van der Waals surface area contributed by atoms with E-state index >= 15 is 0 Å². The summed E-state index contributed by atoms with van der Waals surface area (Å²) in [6, 6.07) is 6.03. The summed E-state index contributed by atoms with van der Waals surface area (Å²) in [5.74, 6) is 1.68. The molecule has 0 unspecified atom stereocenters. The average Bonchev–Trinajstić information content (AvgIpc) is 2.60. The fourth-order valence-corrected chi connectivity index (χ4v) is 2.66. The Kier molecular flexibility index (Phi) is 3.80. The average molecular weight is 387 g/mol. The SMILES string of the molecule is Cn1c(C(C)(C)C)nc(-c2ccc(Br)c(Br)c2)c1N. The van der Waals surface area contributed by atoms with Crippen LogP contribution in [-0.2, 0) is 12.5 Å². The Morgan fingerprint density at radius 2 is 1.79 bits per heavy atom. The number of nitrogen functional groups attached to an aromatic ring is 1. The van der Waals surface area contributed by atoms with E-state index in [-0.39, 0.29) is 5.41 Å². The molecule has 0 fully saturated rings. The number of hydrogen-bond acceptors (Lipinski definition) is 2. The first-order valence-corrected chi connectivity index (χ1v) is 7.58. The summed E-state index contributed by atoms with van der Waals surface area (Å²) >= 11 is 6.98. The van der Waals surface area contributed by atoms with E-state index in [2.05, 4.69) is 52.6 Å². The minimum Gasteiger partial charge on any atom is -0.383 e. The highest BCUT2D eigenvalue weighted by Crippen LogP contribution is 2.34. The van der Waals surface area contributed by atoms with Gasteiger partial charge in [-0.1, -0.05) is 26.8 Å². The Hall–Kier alpha value is -0.810. The molecule has 0 aliphatic rings. The molecular formula is C14H17Br2N3. The molecule has 1 aromatic heterocycles. The number of rotatable bonds is 1. The summed E-state index contributed by atoms with van der Waals surface area (Å²) in [6.07, 6.45) is 0. The normalized spacial score (nSPS) is 11.9. The molecule has 2 aromatic rings. The number of hydrogen-bond donors (Lipinski definition) is 1. The number of aromatic nitrogens is 2. The maximum atomic E-state index is 6.19. The van der Waals surface area contributed by atoms with Crippen LogP contribution in [0.15, 0.2) is 27.1 Å². The number of imidazole rings is 1. The third-order valence-electron chi connectivity index (χ3n) is 3.00. The van der Waals surface area contributed by atoms with Gasteiger partial charge in [-0.25, -0.2) is 4.98 Å². The van der Waals surface area contributed by atoms with Crippen molar-refractivity contribution in [1.29, 1.82) is 0 Å². The van der Waals surface area contributed by atoms with E-state index in [0.29, 0.717) is 5.82 Å². The number of halogens is 2. The first-order chi connectivity index (χ1) is 8.71. The van der Waals surface area contributed by atoms with Crippen LogP contribution in [0, 0.1) is 0 Å². The molecular weight excluding hydrogens is 370 g/mol. The molecule has 19 heavy (non-hydrogen) atoms. The maximum absolute atomic E-state index is 6.19. The maximum Gasteiger partial charge on any atom is 0.131 e. The number of nitrogens with two attached hydrogens (primary N) is 1. The number of nitrogens with zero attached hydrogens (tertiary/aromatic N) is 2. The third kappa shape index (κ3) is 2.72. The molecule has 2 rings (SSSR count). The second-order valence-corrected chi connectivity index (χ2v) is 7.32. The van der Waals surface area contributed by atoms with Crippen molar-refractivity contribution in [3.63, 3.8) is 0 Å². The van der Waals surface area contributed by atoms with E-state index in [1.54, 1.807) is 0 Å². The second-order valence-electron chi connectivity index (χ2n) is 5.61. The summed E-state index contributed by atoms with van der Waals surface area (Å²) in [7, 11) is 1.96. The van der Waals surface area contributed by atoms with Gasteiger partial charge in [-0.2, -0.15) is 0 Å². The third-order valence-corrected chi connectivity index (χ3v) is 4.88. The quantitative estimate of drug-likeness (QED) is 0.784. The summed E-state index contributed by atoms with van der Waals surface area (Å²) in [5, 5.41) is 0. The molecule has 0 amide bonds. The first-order valence-electron chi connectivity index (χ1n) is 6.00. The zero-order valence-corrected chi connectivity index (χ0v) is 14.6. The fourth-order valence-electron chi connectivity index (χ4n) is 2.04. The molecule has 1 heterocycles. The predicted octanol–water partition coefficient (Wildman–Crippen LogP) is 4.49. The van der Waals surface area contributed by atoms with Crippen LogP contribution in [0.2, 0.25) is 0 Å². The van der Waals surface area contributed by atoms with Crippen molar-refractivity contribution < 1.29 is 0 Å². The molecule has 1 aromatic carbocycles. The summed E-state index contributed by atoms with van der Waals surface area (Å²) in [5.41, 5.74) is 8.01. The van der Waals surface area contributed by atoms with Crippen LogP contribution in [0.25, 0.3) is 11.3 Å². The zero-order valence-electron chi connectivity index (χ0n) is 11.5. The molecule has 2 N–H and O–H groups in total.